The highest BCUT2D eigenvalue weighted by Gasteiger charge is 1.94. The second-order valence-corrected chi connectivity index (χ2v) is 1.17. The maximum absolute atomic E-state index is 4.76. The van der Waals surface area contributed by atoms with Gasteiger partial charge in [-0.2, -0.15) is 0 Å². The highest BCUT2D eigenvalue weighted by atomic mass is 16.6. The van der Waals surface area contributed by atoms with E-state index in [2.05, 4.69) is 11.9 Å². The van der Waals surface area contributed by atoms with Gasteiger partial charge in [-0.25, -0.2) is 5.48 Å². The second-order valence-electron chi connectivity index (χ2n) is 1.17. The predicted octanol–water partition coefficient (Wildman–Crippen LogP) is -0.00741. The van der Waals surface area contributed by atoms with E-state index in [9.17, 15) is 0 Å². The zero-order chi connectivity index (χ0) is 4.24. The van der Waals surface area contributed by atoms with Gasteiger partial charge in [-0.1, -0.05) is 0 Å². The maximum Gasteiger partial charge on any atom is 0.0688 e. The molecule has 0 aromatic heterocycles. The molecule has 2 heteroatoms. The maximum atomic E-state index is 4.76. The molecular formula is C4H7NO. The van der Waals surface area contributed by atoms with Crippen molar-refractivity contribution in [1.29, 1.82) is 0 Å². The monoisotopic (exact) mass is 85.1 g/mol. The summed E-state index contributed by atoms with van der Waals surface area (Å²) in [6.45, 7) is 1.56. The van der Waals surface area contributed by atoms with Crippen LogP contribution in [-0.4, -0.2) is 13.2 Å². The first-order chi connectivity index (χ1) is 3.00. The predicted molar refractivity (Wildman–Crippen MR) is 21.8 cm³/mol. The van der Waals surface area contributed by atoms with E-state index in [-0.39, 0.29) is 0 Å². The molecule has 1 aliphatic rings. The van der Waals surface area contributed by atoms with Crippen LogP contribution in [0.3, 0.4) is 0 Å². The lowest BCUT2D eigenvalue weighted by molar-refractivity contribution is 0.0291. The molecular weight excluding hydrogens is 78.0 g/mol. The number of hydrogen-bond acceptors (Lipinski definition) is 2. The molecule has 0 aromatic rings. The fourth-order valence-corrected chi connectivity index (χ4v) is 0.386. The van der Waals surface area contributed by atoms with E-state index < -0.39 is 0 Å². The molecule has 2 nitrogen and oxygen atoms in total. The average Bonchev–Trinajstić information content (AvgIpc) is 1.72. The van der Waals surface area contributed by atoms with Gasteiger partial charge >= 0.3 is 0 Å². The summed E-state index contributed by atoms with van der Waals surface area (Å²) in [5.74, 6) is 0. The summed E-state index contributed by atoms with van der Waals surface area (Å²) in [5.41, 5.74) is 2.67. The fraction of sp³-hybridized carbons (Fsp3) is 0.750. The van der Waals surface area contributed by atoms with Crippen LogP contribution in [-0.2, 0) is 4.84 Å². The van der Waals surface area contributed by atoms with Gasteiger partial charge in [-0.3, -0.25) is 0 Å². The van der Waals surface area contributed by atoms with Gasteiger partial charge in [0.1, 0.15) is 0 Å². The molecule has 0 amide bonds. The van der Waals surface area contributed by atoms with E-state index in [1.165, 1.54) is 0 Å². The van der Waals surface area contributed by atoms with E-state index >= 15 is 0 Å². The first-order valence-corrected chi connectivity index (χ1v) is 2.05. The molecule has 1 fully saturated rings. The van der Waals surface area contributed by atoms with Crippen LogP contribution >= 0.6 is 0 Å². The highest BCUT2D eigenvalue weighted by molar-refractivity contribution is 4.66. The van der Waals surface area contributed by atoms with Crippen molar-refractivity contribution < 1.29 is 4.84 Å². The minimum Gasteiger partial charge on any atom is -0.302 e. The lowest BCUT2D eigenvalue weighted by Crippen LogP contribution is -2.22. The number of rotatable bonds is 0. The van der Waals surface area contributed by atoms with Gasteiger partial charge < -0.3 is 4.84 Å². The van der Waals surface area contributed by atoms with E-state index in [0.29, 0.717) is 0 Å². The third-order valence-corrected chi connectivity index (χ3v) is 0.680. The normalized spacial score (nSPS) is 24.0. The molecule has 0 aliphatic carbocycles. The van der Waals surface area contributed by atoms with E-state index in [1.54, 1.807) is 0 Å². The number of nitrogens with one attached hydrogen (secondary N) is 1. The molecule has 0 atom stereocenters. The second kappa shape index (κ2) is 2.16. The average molecular weight is 85.1 g/mol. The Labute approximate surface area is 37.4 Å². The molecule has 6 heavy (non-hydrogen) atoms. The van der Waals surface area contributed by atoms with E-state index in [0.717, 1.165) is 19.6 Å². The smallest absolute Gasteiger partial charge is 0.0688 e. The summed E-state index contributed by atoms with van der Waals surface area (Å²) in [7, 11) is 0. The molecule has 0 spiro atoms. The van der Waals surface area contributed by atoms with E-state index in [1.807, 2.05) is 0 Å². The molecule has 1 saturated heterocycles. The third kappa shape index (κ3) is 0.954. The van der Waals surface area contributed by atoms with Gasteiger partial charge in [0.15, 0.2) is 0 Å². The van der Waals surface area contributed by atoms with Crippen LogP contribution in [0.25, 0.3) is 0 Å². The molecule has 2 radical (unpaired) electrons. The summed E-state index contributed by atoms with van der Waals surface area (Å²) < 4.78 is 0. The molecule has 0 bridgehead atoms. The van der Waals surface area contributed by atoms with Crippen LogP contribution in [0.5, 0.6) is 0 Å². The van der Waals surface area contributed by atoms with Crippen LogP contribution in [0.15, 0.2) is 0 Å². The van der Waals surface area contributed by atoms with Gasteiger partial charge in [0.25, 0.3) is 0 Å². The van der Waals surface area contributed by atoms with Gasteiger partial charge in [0, 0.05) is 13.0 Å². The van der Waals surface area contributed by atoms with Gasteiger partial charge in [-0.05, 0) is 6.42 Å². The topological polar surface area (TPSA) is 21.3 Å². The van der Waals surface area contributed by atoms with Crippen LogP contribution < -0.4 is 5.48 Å². The first kappa shape index (κ1) is 4.09. The minimum atomic E-state index is 0.778. The lowest BCUT2D eigenvalue weighted by atomic mass is 10.3. The van der Waals surface area contributed by atoms with Crippen molar-refractivity contribution in [1.82, 2.24) is 5.48 Å². The Kier molecular flexibility index (Phi) is 1.47. The quantitative estimate of drug-likeness (QED) is 0.446. The van der Waals surface area contributed by atoms with Gasteiger partial charge in [-0.15, -0.1) is 0 Å². The number of hydroxylamine groups is 1. The Morgan fingerprint density at radius 3 is 2.83 bits per heavy atom. The zero-order valence-electron chi connectivity index (χ0n) is 3.53. The van der Waals surface area contributed by atoms with Crippen molar-refractivity contribution in [2.75, 3.05) is 13.2 Å². The summed E-state index contributed by atoms with van der Waals surface area (Å²) >= 11 is 0. The van der Waals surface area contributed by atoms with Crippen molar-refractivity contribution in [2.24, 2.45) is 0 Å². The minimum absolute atomic E-state index is 0.778. The fourth-order valence-electron chi connectivity index (χ4n) is 0.386. The Bertz CT molecular complexity index is 23.0. The molecule has 1 N–H and O–H groups in total. The summed E-state index contributed by atoms with van der Waals surface area (Å²) in [6, 6.07) is 0. The standard InChI is InChI=1S/C4H7NO/c1-2-4-6-5-3-1/h5H,2-4H2. The summed E-state index contributed by atoms with van der Waals surface area (Å²) in [6.07, 6.45) is 4.01. The van der Waals surface area contributed by atoms with Crippen molar-refractivity contribution in [3.63, 3.8) is 0 Å². The molecule has 34 valence electrons. The molecule has 0 saturated carbocycles. The molecule has 0 aromatic carbocycles. The Balaban J connectivity index is 2.00. The number of hydrogen-bond donors (Lipinski definition) is 1. The third-order valence-electron chi connectivity index (χ3n) is 0.680. The Morgan fingerprint density at radius 1 is 1.67 bits per heavy atom. The lowest BCUT2D eigenvalue weighted by Gasteiger charge is -2.08. The zero-order valence-corrected chi connectivity index (χ0v) is 3.53. The van der Waals surface area contributed by atoms with Crippen LogP contribution in [0, 0.1) is 6.42 Å². The summed E-state index contributed by atoms with van der Waals surface area (Å²) in [4.78, 5) is 4.76. The van der Waals surface area contributed by atoms with E-state index in [4.69, 9.17) is 4.84 Å². The molecule has 1 rings (SSSR count). The van der Waals surface area contributed by atoms with Crippen LogP contribution in [0.1, 0.15) is 6.42 Å². The molecule has 1 aliphatic heterocycles. The first-order valence-electron chi connectivity index (χ1n) is 2.05. The Morgan fingerprint density at radius 2 is 2.67 bits per heavy atom. The van der Waals surface area contributed by atoms with Crippen LogP contribution in [0.4, 0.5) is 0 Å². The van der Waals surface area contributed by atoms with Crippen molar-refractivity contribution >= 4 is 0 Å². The summed E-state index contributed by atoms with van der Waals surface area (Å²) in [5, 5.41) is 0. The largest absolute Gasteiger partial charge is 0.302 e. The Hall–Kier alpha value is -0.0800. The molecule has 0 unspecified atom stereocenters. The highest BCUT2D eigenvalue weighted by Crippen LogP contribution is 1.89. The van der Waals surface area contributed by atoms with Gasteiger partial charge in [0.2, 0.25) is 0 Å². The van der Waals surface area contributed by atoms with Crippen molar-refractivity contribution in [3.05, 3.63) is 6.42 Å². The van der Waals surface area contributed by atoms with Crippen molar-refractivity contribution in [3.8, 4) is 0 Å². The van der Waals surface area contributed by atoms with Crippen LogP contribution in [0.2, 0.25) is 0 Å². The van der Waals surface area contributed by atoms with Crippen molar-refractivity contribution in [2.45, 2.75) is 6.42 Å². The van der Waals surface area contributed by atoms with Gasteiger partial charge in [0.05, 0.1) is 6.61 Å². The molecule has 1 heterocycles. The SMILES string of the molecule is [C]1CCONC1.